The minimum atomic E-state index is -0.700. The summed E-state index contributed by atoms with van der Waals surface area (Å²) in [6, 6.07) is 10.6. The molecule has 25 heavy (non-hydrogen) atoms. The predicted molar refractivity (Wildman–Crippen MR) is 94.6 cm³/mol. The zero-order valence-electron chi connectivity index (χ0n) is 13.8. The van der Waals surface area contributed by atoms with Gasteiger partial charge in [0.15, 0.2) is 17.6 Å². The van der Waals surface area contributed by atoms with Crippen molar-refractivity contribution in [2.45, 2.75) is 20.0 Å². The van der Waals surface area contributed by atoms with Crippen molar-refractivity contribution in [3.8, 4) is 17.2 Å². The molecule has 2 aromatic rings. The molecule has 6 nitrogen and oxygen atoms in total. The molecule has 130 valence electrons. The van der Waals surface area contributed by atoms with Crippen LogP contribution in [-0.2, 0) is 4.79 Å². The second-order valence-electron chi connectivity index (χ2n) is 5.52. The Morgan fingerprint density at radius 3 is 2.88 bits per heavy atom. The number of carbonyl (C=O) groups excluding carboxylic acids is 1. The van der Waals surface area contributed by atoms with Crippen LogP contribution in [0.3, 0.4) is 0 Å². The van der Waals surface area contributed by atoms with E-state index >= 15 is 0 Å². The van der Waals surface area contributed by atoms with Gasteiger partial charge in [0, 0.05) is 5.02 Å². The summed E-state index contributed by atoms with van der Waals surface area (Å²) in [6.45, 7) is 3.73. The van der Waals surface area contributed by atoms with Crippen LogP contribution in [0.5, 0.6) is 17.2 Å². The van der Waals surface area contributed by atoms with Crippen molar-refractivity contribution in [1.29, 1.82) is 0 Å². The van der Waals surface area contributed by atoms with E-state index in [1.807, 2.05) is 13.0 Å². The van der Waals surface area contributed by atoms with Crippen LogP contribution >= 0.6 is 11.6 Å². The van der Waals surface area contributed by atoms with Crippen molar-refractivity contribution in [3.05, 3.63) is 52.5 Å². The van der Waals surface area contributed by atoms with Gasteiger partial charge in [-0.15, -0.1) is 0 Å². The highest BCUT2D eigenvalue weighted by molar-refractivity contribution is 6.31. The van der Waals surface area contributed by atoms with E-state index in [2.05, 4.69) is 10.5 Å². The first-order chi connectivity index (χ1) is 12.0. The third-order valence-corrected chi connectivity index (χ3v) is 4.02. The maximum absolute atomic E-state index is 12.1. The molecule has 0 radical (unpaired) electrons. The van der Waals surface area contributed by atoms with Crippen molar-refractivity contribution in [2.24, 2.45) is 5.10 Å². The first-order valence-corrected chi connectivity index (χ1v) is 8.06. The second kappa shape index (κ2) is 7.44. The third-order valence-electron chi connectivity index (χ3n) is 3.60. The summed E-state index contributed by atoms with van der Waals surface area (Å²) in [7, 11) is 0. The number of hydrogen-bond donors (Lipinski definition) is 1. The van der Waals surface area contributed by atoms with Gasteiger partial charge in [-0.05, 0) is 61.4 Å². The van der Waals surface area contributed by atoms with E-state index in [4.69, 9.17) is 25.8 Å². The van der Waals surface area contributed by atoms with Crippen molar-refractivity contribution >= 4 is 23.7 Å². The van der Waals surface area contributed by atoms with Crippen molar-refractivity contribution in [3.63, 3.8) is 0 Å². The summed E-state index contributed by atoms with van der Waals surface area (Å²) in [5.41, 5.74) is 4.12. The van der Waals surface area contributed by atoms with Gasteiger partial charge in [-0.2, -0.15) is 5.10 Å². The Morgan fingerprint density at radius 1 is 1.28 bits per heavy atom. The van der Waals surface area contributed by atoms with Crippen LogP contribution in [0.15, 0.2) is 41.5 Å². The summed E-state index contributed by atoms with van der Waals surface area (Å²) >= 11 is 5.97. The number of hydrazone groups is 1. The van der Waals surface area contributed by atoms with E-state index in [1.165, 1.54) is 6.21 Å². The molecule has 1 heterocycles. The lowest BCUT2D eigenvalue weighted by Gasteiger charge is -2.13. The molecule has 0 aromatic heterocycles. The largest absolute Gasteiger partial charge is 0.481 e. The van der Waals surface area contributed by atoms with Crippen LogP contribution in [0.2, 0.25) is 5.02 Å². The third kappa shape index (κ3) is 4.22. The molecule has 0 aliphatic carbocycles. The highest BCUT2D eigenvalue weighted by atomic mass is 35.5. The standard InChI is InChI=1S/C18H17ClN2O4/c1-11-7-14(4-5-15(11)19)25-12(2)18(22)21-20-9-13-3-6-16-17(8-13)24-10-23-16/h3-9,12H,10H2,1-2H3,(H,21,22)/t12-/m1/s1. The molecule has 0 saturated heterocycles. The Kier molecular flexibility index (Phi) is 5.09. The first kappa shape index (κ1) is 17.1. The van der Waals surface area contributed by atoms with Gasteiger partial charge in [-0.1, -0.05) is 11.6 Å². The Morgan fingerprint density at radius 2 is 2.08 bits per heavy atom. The Hall–Kier alpha value is -2.73. The molecule has 1 N–H and O–H groups in total. The topological polar surface area (TPSA) is 69.2 Å². The number of fused-ring (bicyclic) bond motifs is 1. The number of ether oxygens (including phenoxy) is 3. The summed E-state index contributed by atoms with van der Waals surface area (Å²) in [6.07, 6.45) is 0.827. The van der Waals surface area contributed by atoms with Gasteiger partial charge in [-0.3, -0.25) is 4.79 Å². The smallest absolute Gasteiger partial charge is 0.280 e. The number of hydrogen-bond acceptors (Lipinski definition) is 5. The van der Waals surface area contributed by atoms with Crippen LogP contribution in [0.4, 0.5) is 0 Å². The van der Waals surface area contributed by atoms with Crippen LogP contribution in [-0.4, -0.2) is 25.0 Å². The van der Waals surface area contributed by atoms with Gasteiger partial charge < -0.3 is 14.2 Å². The number of aryl methyl sites for hydroxylation is 1. The molecule has 2 aromatic carbocycles. The zero-order valence-corrected chi connectivity index (χ0v) is 14.5. The Bertz CT molecular complexity index is 823. The Labute approximate surface area is 150 Å². The lowest BCUT2D eigenvalue weighted by molar-refractivity contribution is -0.127. The second-order valence-corrected chi connectivity index (χ2v) is 5.93. The van der Waals surface area contributed by atoms with E-state index in [0.29, 0.717) is 22.3 Å². The van der Waals surface area contributed by atoms with Crippen LogP contribution in [0.25, 0.3) is 0 Å². The summed E-state index contributed by atoms with van der Waals surface area (Å²) < 4.78 is 16.1. The molecular formula is C18H17ClN2O4. The van der Waals surface area contributed by atoms with Crippen molar-refractivity contribution in [2.75, 3.05) is 6.79 Å². The molecule has 0 fully saturated rings. The number of carbonyl (C=O) groups is 1. The van der Waals surface area contributed by atoms with E-state index < -0.39 is 6.10 Å². The molecule has 0 saturated carbocycles. The van der Waals surface area contributed by atoms with E-state index in [1.54, 1.807) is 37.3 Å². The molecule has 1 aliphatic heterocycles. The molecule has 1 amide bonds. The maximum Gasteiger partial charge on any atom is 0.280 e. The molecule has 7 heteroatoms. The van der Waals surface area contributed by atoms with Crippen LogP contribution in [0.1, 0.15) is 18.1 Å². The number of nitrogens with zero attached hydrogens (tertiary/aromatic N) is 1. The van der Waals surface area contributed by atoms with Gasteiger partial charge in [0.05, 0.1) is 6.21 Å². The molecular weight excluding hydrogens is 344 g/mol. The quantitative estimate of drug-likeness (QED) is 0.656. The van der Waals surface area contributed by atoms with Gasteiger partial charge in [-0.25, -0.2) is 5.43 Å². The zero-order chi connectivity index (χ0) is 17.8. The molecule has 0 spiro atoms. The summed E-state index contributed by atoms with van der Waals surface area (Å²) in [4.78, 5) is 12.1. The average Bonchev–Trinajstić information content (AvgIpc) is 3.05. The van der Waals surface area contributed by atoms with Gasteiger partial charge >= 0.3 is 0 Å². The van der Waals surface area contributed by atoms with E-state index in [9.17, 15) is 4.79 Å². The molecule has 0 bridgehead atoms. The highest BCUT2D eigenvalue weighted by Gasteiger charge is 2.15. The number of halogens is 1. The molecule has 0 unspecified atom stereocenters. The number of rotatable bonds is 5. The SMILES string of the molecule is Cc1cc(O[C@H](C)C(=O)NN=Cc2ccc3c(c2)OCO3)ccc1Cl. The lowest BCUT2D eigenvalue weighted by Crippen LogP contribution is -2.33. The highest BCUT2D eigenvalue weighted by Crippen LogP contribution is 2.31. The van der Waals surface area contributed by atoms with Crippen molar-refractivity contribution < 1.29 is 19.0 Å². The predicted octanol–water partition coefficient (Wildman–Crippen LogP) is 3.29. The van der Waals surface area contributed by atoms with Gasteiger partial charge in [0.2, 0.25) is 6.79 Å². The monoisotopic (exact) mass is 360 g/mol. The lowest BCUT2D eigenvalue weighted by atomic mass is 10.2. The van der Waals surface area contributed by atoms with E-state index in [-0.39, 0.29) is 12.7 Å². The van der Waals surface area contributed by atoms with Gasteiger partial charge in [0.25, 0.3) is 5.91 Å². The molecule has 1 aliphatic rings. The van der Waals surface area contributed by atoms with E-state index in [0.717, 1.165) is 11.1 Å². The summed E-state index contributed by atoms with van der Waals surface area (Å²) in [5.74, 6) is 1.57. The summed E-state index contributed by atoms with van der Waals surface area (Å²) in [5, 5.41) is 4.59. The minimum absolute atomic E-state index is 0.214. The average molecular weight is 361 g/mol. The van der Waals surface area contributed by atoms with Gasteiger partial charge in [0.1, 0.15) is 5.75 Å². The van der Waals surface area contributed by atoms with Crippen LogP contribution in [0, 0.1) is 6.92 Å². The maximum atomic E-state index is 12.1. The fraction of sp³-hybridized carbons (Fsp3) is 0.222. The fourth-order valence-corrected chi connectivity index (χ4v) is 2.32. The normalized spacial score (nSPS) is 13.7. The van der Waals surface area contributed by atoms with Crippen molar-refractivity contribution in [1.82, 2.24) is 5.43 Å². The molecule has 1 atom stereocenters. The minimum Gasteiger partial charge on any atom is -0.481 e. The fourth-order valence-electron chi connectivity index (χ4n) is 2.20. The first-order valence-electron chi connectivity index (χ1n) is 7.68. The van der Waals surface area contributed by atoms with Crippen LogP contribution < -0.4 is 19.6 Å². The number of amides is 1. The Balaban J connectivity index is 1.55. The molecule has 3 rings (SSSR count). The number of benzene rings is 2. The number of nitrogens with one attached hydrogen (secondary N) is 1.